The number of rotatable bonds is 4. The molecule has 4 N–H and O–H groups in total. The molecule has 2 rings (SSSR count). The average molecular weight is 267 g/mol. The Balaban J connectivity index is 2.23. The number of hydrogen-bond acceptors (Lipinski definition) is 5. The second-order valence-corrected chi connectivity index (χ2v) is 4.09. The van der Waals surface area contributed by atoms with Gasteiger partial charge in [0.05, 0.1) is 5.69 Å². The summed E-state index contributed by atoms with van der Waals surface area (Å²) in [7, 11) is 0. The van der Waals surface area contributed by atoms with Gasteiger partial charge in [-0.3, -0.25) is 10.8 Å². The van der Waals surface area contributed by atoms with Crippen LogP contribution in [0.5, 0.6) is 0 Å². The van der Waals surface area contributed by atoms with Crippen molar-refractivity contribution in [1.29, 1.82) is 10.7 Å². The molecule has 20 heavy (non-hydrogen) atoms. The van der Waals surface area contributed by atoms with Crippen molar-refractivity contribution in [2.24, 2.45) is 10.8 Å². The van der Waals surface area contributed by atoms with Crippen molar-refractivity contribution in [2.75, 3.05) is 5.43 Å². The van der Waals surface area contributed by atoms with Crippen LogP contribution in [0.2, 0.25) is 0 Å². The van der Waals surface area contributed by atoms with Gasteiger partial charge < -0.3 is 10.2 Å². The second-order valence-electron chi connectivity index (χ2n) is 4.09. The normalized spacial score (nSPS) is 10.9. The maximum absolute atomic E-state index is 8.75. The minimum Gasteiger partial charge on any atom is -0.461 e. The Hall–Kier alpha value is -3.07. The van der Waals surface area contributed by atoms with Crippen LogP contribution in [0.15, 0.2) is 45.9 Å². The van der Waals surface area contributed by atoms with Crippen molar-refractivity contribution >= 4 is 17.2 Å². The van der Waals surface area contributed by atoms with E-state index in [-0.39, 0.29) is 11.5 Å². The van der Waals surface area contributed by atoms with Gasteiger partial charge in [0.15, 0.2) is 5.84 Å². The van der Waals surface area contributed by atoms with E-state index in [2.05, 4.69) is 10.5 Å². The molecule has 0 bridgehead atoms. The van der Waals surface area contributed by atoms with E-state index in [4.69, 9.17) is 20.8 Å². The molecule has 2 aromatic rings. The summed E-state index contributed by atoms with van der Waals surface area (Å²) in [5.41, 5.74) is 9.30. The van der Waals surface area contributed by atoms with E-state index in [0.29, 0.717) is 5.69 Å². The highest BCUT2D eigenvalue weighted by Gasteiger charge is 2.04. The molecule has 0 spiro atoms. The molecule has 0 saturated heterocycles. The Morgan fingerprint density at radius 2 is 2.20 bits per heavy atom. The number of hydrazone groups is 1. The lowest BCUT2D eigenvalue weighted by molar-refractivity contribution is 0.548. The molecule has 1 aromatic heterocycles. The summed E-state index contributed by atoms with van der Waals surface area (Å²) in [6, 6.07) is 12.9. The minimum atomic E-state index is -0.377. The van der Waals surface area contributed by atoms with Crippen LogP contribution < -0.4 is 11.2 Å². The summed E-state index contributed by atoms with van der Waals surface area (Å²) >= 11 is 0. The largest absolute Gasteiger partial charge is 0.461 e. The van der Waals surface area contributed by atoms with E-state index in [0.717, 1.165) is 17.1 Å². The molecule has 0 unspecified atom stereocenters. The second kappa shape index (κ2) is 5.71. The lowest BCUT2D eigenvalue weighted by atomic mass is 10.1. The molecule has 0 amide bonds. The molecule has 0 aliphatic heterocycles. The summed E-state index contributed by atoms with van der Waals surface area (Å²) in [5.74, 6) is 1.21. The molecular weight excluding hydrogens is 254 g/mol. The molecule has 1 aromatic carbocycles. The Morgan fingerprint density at radius 1 is 1.40 bits per heavy atom. The first kappa shape index (κ1) is 13.4. The molecular formula is C14H13N5O. The van der Waals surface area contributed by atoms with Gasteiger partial charge in [0.25, 0.3) is 0 Å². The van der Waals surface area contributed by atoms with E-state index in [1.807, 2.05) is 37.3 Å². The molecule has 6 heteroatoms. The van der Waals surface area contributed by atoms with Gasteiger partial charge in [-0.25, -0.2) is 0 Å². The number of nitrogens with two attached hydrogens (primary N) is 1. The first-order valence-electron chi connectivity index (χ1n) is 5.85. The van der Waals surface area contributed by atoms with E-state index >= 15 is 0 Å². The molecule has 0 aliphatic rings. The van der Waals surface area contributed by atoms with Crippen LogP contribution in [0.3, 0.4) is 0 Å². The third-order valence-corrected chi connectivity index (χ3v) is 2.55. The van der Waals surface area contributed by atoms with Gasteiger partial charge in [-0.05, 0) is 31.2 Å². The Kier molecular flexibility index (Phi) is 3.82. The molecule has 100 valence electrons. The van der Waals surface area contributed by atoms with Crippen LogP contribution in [0.1, 0.15) is 5.76 Å². The van der Waals surface area contributed by atoms with Gasteiger partial charge in [-0.2, -0.15) is 10.4 Å². The number of nitrogens with one attached hydrogen (secondary N) is 2. The van der Waals surface area contributed by atoms with Crippen LogP contribution in [-0.2, 0) is 0 Å². The fraction of sp³-hybridized carbons (Fsp3) is 0.0714. The van der Waals surface area contributed by atoms with Crippen LogP contribution in [0.25, 0.3) is 11.3 Å². The number of nitriles is 1. The zero-order valence-electron chi connectivity index (χ0n) is 10.8. The lowest BCUT2D eigenvalue weighted by Crippen LogP contribution is -2.21. The number of nitrogens with zero attached hydrogens (tertiary/aromatic N) is 2. The number of furan rings is 1. The average Bonchev–Trinajstić information content (AvgIpc) is 2.86. The zero-order valence-corrected chi connectivity index (χ0v) is 10.8. The van der Waals surface area contributed by atoms with Crippen LogP contribution in [0.4, 0.5) is 5.69 Å². The molecule has 1 heterocycles. The van der Waals surface area contributed by atoms with Crippen molar-refractivity contribution in [3.63, 3.8) is 0 Å². The van der Waals surface area contributed by atoms with Gasteiger partial charge >= 0.3 is 0 Å². The van der Waals surface area contributed by atoms with E-state index < -0.39 is 0 Å². The third kappa shape index (κ3) is 3.03. The van der Waals surface area contributed by atoms with Crippen LogP contribution >= 0.6 is 0 Å². The third-order valence-electron chi connectivity index (χ3n) is 2.55. The molecule has 0 radical (unpaired) electrons. The quantitative estimate of drug-likeness (QED) is 0.449. The highest BCUT2D eigenvalue weighted by Crippen LogP contribution is 2.24. The molecule has 6 nitrogen and oxygen atoms in total. The van der Waals surface area contributed by atoms with E-state index in [1.54, 1.807) is 12.1 Å². The number of amidine groups is 1. The first-order valence-corrected chi connectivity index (χ1v) is 5.85. The van der Waals surface area contributed by atoms with Crippen molar-refractivity contribution in [3.05, 3.63) is 42.2 Å². The summed E-state index contributed by atoms with van der Waals surface area (Å²) in [6.45, 7) is 1.88. The molecule has 0 aliphatic carbocycles. The Bertz CT molecular complexity index is 708. The van der Waals surface area contributed by atoms with Gasteiger partial charge in [0.2, 0.25) is 5.71 Å². The SMILES string of the molecule is Cc1ccc(-c2cccc(N/N=C(\C#N)C(=N)N)c2)o1. The number of hydrogen-bond donors (Lipinski definition) is 3. The van der Waals surface area contributed by atoms with Crippen molar-refractivity contribution in [2.45, 2.75) is 6.92 Å². The number of aryl methyl sites for hydroxylation is 1. The standard InChI is InChI=1S/C14H13N5O/c1-9-5-6-13(20-9)10-3-2-4-11(7-10)18-19-12(8-15)14(16)17/h2-7,18H,1H3,(H3,16,17)/b19-12+. The van der Waals surface area contributed by atoms with Gasteiger partial charge in [0, 0.05) is 5.56 Å². The van der Waals surface area contributed by atoms with E-state index in [9.17, 15) is 0 Å². The highest BCUT2D eigenvalue weighted by atomic mass is 16.3. The summed E-state index contributed by atoms with van der Waals surface area (Å²) in [6.07, 6.45) is 0. The molecule has 0 atom stereocenters. The Morgan fingerprint density at radius 3 is 2.80 bits per heavy atom. The fourth-order valence-electron chi connectivity index (χ4n) is 1.60. The predicted octanol–water partition coefficient (Wildman–Crippen LogP) is 2.48. The maximum Gasteiger partial charge on any atom is 0.201 e. The molecule has 0 saturated carbocycles. The minimum absolute atomic E-state index is 0.163. The van der Waals surface area contributed by atoms with Gasteiger partial charge in [-0.15, -0.1) is 0 Å². The summed E-state index contributed by atoms with van der Waals surface area (Å²) < 4.78 is 5.54. The first-order chi connectivity index (χ1) is 9.60. The molecule has 0 fully saturated rings. The number of anilines is 1. The predicted molar refractivity (Wildman–Crippen MR) is 77.5 cm³/mol. The van der Waals surface area contributed by atoms with Crippen LogP contribution in [0, 0.1) is 23.7 Å². The maximum atomic E-state index is 8.75. The topological polar surface area (TPSA) is 111 Å². The van der Waals surface area contributed by atoms with Gasteiger partial charge in [0.1, 0.15) is 17.6 Å². The lowest BCUT2D eigenvalue weighted by Gasteiger charge is -2.03. The van der Waals surface area contributed by atoms with Crippen molar-refractivity contribution in [3.8, 4) is 17.4 Å². The van der Waals surface area contributed by atoms with Crippen molar-refractivity contribution < 1.29 is 4.42 Å². The Labute approximate surface area is 116 Å². The zero-order chi connectivity index (χ0) is 14.5. The monoisotopic (exact) mass is 267 g/mol. The van der Waals surface area contributed by atoms with E-state index in [1.165, 1.54) is 0 Å². The van der Waals surface area contributed by atoms with Crippen molar-refractivity contribution in [1.82, 2.24) is 0 Å². The smallest absolute Gasteiger partial charge is 0.201 e. The summed E-state index contributed by atoms with van der Waals surface area (Å²) in [5, 5.41) is 19.7. The van der Waals surface area contributed by atoms with Gasteiger partial charge in [-0.1, -0.05) is 12.1 Å². The fourth-order valence-corrected chi connectivity index (χ4v) is 1.60. The summed E-state index contributed by atoms with van der Waals surface area (Å²) in [4.78, 5) is 0. The number of benzene rings is 1. The van der Waals surface area contributed by atoms with Crippen LogP contribution in [-0.4, -0.2) is 11.5 Å². The highest BCUT2D eigenvalue weighted by molar-refractivity contribution is 6.45.